The fraction of sp³-hybridized carbons (Fsp3) is 0.500. The van der Waals surface area contributed by atoms with Gasteiger partial charge >= 0.3 is 0 Å². The molecule has 16 heavy (non-hydrogen) atoms. The lowest BCUT2D eigenvalue weighted by atomic mass is 10.1. The molecule has 0 unspecified atom stereocenters. The topological polar surface area (TPSA) is 34.9 Å². The Morgan fingerprint density at radius 2 is 2.00 bits per heavy atom. The van der Waals surface area contributed by atoms with E-state index in [1.54, 1.807) is 16.0 Å². The van der Waals surface area contributed by atoms with Crippen LogP contribution >= 0.6 is 11.3 Å². The lowest BCUT2D eigenvalue weighted by molar-refractivity contribution is 0.495. The zero-order valence-electron chi connectivity index (χ0n) is 10.0. The van der Waals surface area contributed by atoms with Gasteiger partial charge in [-0.15, -0.1) is 11.3 Å². The monoisotopic (exact) mass is 236 g/mol. The first-order valence-electron chi connectivity index (χ1n) is 5.52. The van der Waals surface area contributed by atoms with Crippen molar-refractivity contribution in [1.82, 2.24) is 9.78 Å². The molecule has 3 nitrogen and oxygen atoms in total. The molecule has 0 N–H and O–H groups in total. The van der Waals surface area contributed by atoms with Crippen LogP contribution in [0, 0.1) is 0 Å². The average Bonchev–Trinajstić information content (AvgIpc) is 2.66. The van der Waals surface area contributed by atoms with Gasteiger partial charge in [0.15, 0.2) is 0 Å². The number of rotatable bonds is 2. The minimum absolute atomic E-state index is 0.0238. The minimum atomic E-state index is 0.0238. The maximum Gasteiger partial charge on any atom is 0.275 e. The zero-order chi connectivity index (χ0) is 11.9. The van der Waals surface area contributed by atoms with Crippen LogP contribution in [0.25, 0.3) is 10.1 Å². The quantitative estimate of drug-likeness (QED) is 0.802. The van der Waals surface area contributed by atoms with Crippen molar-refractivity contribution >= 4 is 21.4 Å². The van der Waals surface area contributed by atoms with Crippen molar-refractivity contribution in [3.63, 3.8) is 0 Å². The Kier molecular flexibility index (Phi) is 2.84. The third kappa shape index (κ3) is 1.67. The number of fused-ring (bicyclic) bond motifs is 1. The van der Waals surface area contributed by atoms with Gasteiger partial charge in [0.05, 0.1) is 21.8 Å². The predicted molar refractivity (Wildman–Crippen MR) is 68.4 cm³/mol. The average molecular weight is 236 g/mol. The highest BCUT2D eigenvalue weighted by atomic mass is 32.1. The zero-order valence-corrected chi connectivity index (χ0v) is 10.8. The van der Waals surface area contributed by atoms with E-state index < -0.39 is 0 Å². The molecule has 2 rings (SSSR count). The van der Waals surface area contributed by atoms with Crippen LogP contribution in [0.4, 0.5) is 0 Å². The van der Waals surface area contributed by atoms with Gasteiger partial charge in [0, 0.05) is 0 Å². The molecule has 0 aromatic carbocycles. The van der Waals surface area contributed by atoms with Crippen LogP contribution < -0.4 is 5.56 Å². The normalized spacial score (nSPS) is 11.9. The van der Waals surface area contributed by atoms with Gasteiger partial charge in [0.2, 0.25) is 0 Å². The molecule has 0 saturated carbocycles. The van der Waals surface area contributed by atoms with Crippen LogP contribution in [0.3, 0.4) is 0 Å². The summed E-state index contributed by atoms with van der Waals surface area (Å²) < 4.78 is 2.63. The highest BCUT2D eigenvalue weighted by Gasteiger charge is 2.15. The number of hydrogen-bond acceptors (Lipinski definition) is 3. The first kappa shape index (κ1) is 11.3. The number of thiophene rings is 1. The molecule has 86 valence electrons. The van der Waals surface area contributed by atoms with E-state index in [0.29, 0.717) is 5.92 Å². The molecule has 0 atom stereocenters. The summed E-state index contributed by atoms with van der Waals surface area (Å²) in [6.07, 6.45) is 0. The summed E-state index contributed by atoms with van der Waals surface area (Å²) in [6.45, 7) is 8.18. The smallest absolute Gasteiger partial charge is 0.267 e. The molecule has 2 aromatic heterocycles. The third-order valence-electron chi connectivity index (χ3n) is 2.59. The summed E-state index contributed by atoms with van der Waals surface area (Å²) in [4.78, 5) is 12.1. The van der Waals surface area contributed by atoms with Crippen LogP contribution in [0.2, 0.25) is 0 Å². The van der Waals surface area contributed by atoms with E-state index in [1.165, 1.54) is 0 Å². The van der Waals surface area contributed by atoms with E-state index in [9.17, 15) is 4.79 Å². The molecular formula is C12H16N2OS. The van der Waals surface area contributed by atoms with E-state index in [-0.39, 0.29) is 11.6 Å². The summed E-state index contributed by atoms with van der Waals surface area (Å²) >= 11 is 1.60. The van der Waals surface area contributed by atoms with Gasteiger partial charge in [-0.25, -0.2) is 4.68 Å². The van der Waals surface area contributed by atoms with Gasteiger partial charge in [0.25, 0.3) is 5.56 Å². The summed E-state index contributed by atoms with van der Waals surface area (Å²) in [6, 6.07) is 2.00. The Morgan fingerprint density at radius 3 is 2.56 bits per heavy atom. The SMILES string of the molecule is CC(C)c1nn(C(C)C)c(=O)c2ccsc12. The van der Waals surface area contributed by atoms with E-state index in [0.717, 1.165) is 15.8 Å². The van der Waals surface area contributed by atoms with Crippen molar-refractivity contribution in [2.75, 3.05) is 0 Å². The van der Waals surface area contributed by atoms with Gasteiger partial charge < -0.3 is 0 Å². The summed E-state index contributed by atoms with van der Waals surface area (Å²) in [5, 5.41) is 7.25. The van der Waals surface area contributed by atoms with E-state index in [4.69, 9.17) is 0 Å². The standard InChI is InChI=1S/C12H16N2OS/c1-7(2)10-11-9(5-6-16-11)12(15)14(13-10)8(3)4/h5-8H,1-4H3. The molecule has 4 heteroatoms. The van der Waals surface area contributed by atoms with Crippen LogP contribution in [0.1, 0.15) is 45.3 Å². The van der Waals surface area contributed by atoms with Crippen molar-refractivity contribution in [2.24, 2.45) is 0 Å². The van der Waals surface area contributed by atoms with Crippen molar-refractivity contribution < 1.29 is 0 Å². The Bertz CT molecular complexity index is 566. The second kappa shape index (κ2) is 4.01. The van der Waals surface area contributed by atoms with Gasteiger partial charge in [-0.3, -0.25) is 4.79 Å². The van der Waals surface area contributed by atoms with Gasteiger partial charge in [-0.1, -0.05) is 13.8 Å². The molecule has 0 spiro atoms. The molecule has 0 fully saturated rings. The summed E-state index contributed by atoms with van der Waals surface area (Å²) in [5.41, 5.74) is 1.05. The number of nitrogens with zero attached hydrogens (tertiary/aromatic N) is 2. The molecule has 2 aromatic rings. The van der Waals surface area contributed by atoms with Crippen LogP contribution in [0.15, 0.2) is 16.2 Å². The van der Waals surface area contributed by atoms with Gasteiger partial charge in [-0.05, 0) is 31.2 Å². The second-order valence-electron chi connectivity index (χ2n) is 4.55. The fourth-order valence-electron chi connectivity index (χ4n) is 1.73. The number of hydrogen-bond donors (Lipinski definition) is 0. The second-order valence-corrected chi connectivity index (χ2v) is 5.46. The Labute approximate surface area is 98.7 Å². The third-order valence-corrected chi connectivity index (χ3v) is 3.52. The first-order valence-corrected chi connectivity index (χ1v) is 6.40. The van der Waals surface area contributed by atoms with Crippen molar-refractivity contribution in [1.29, 1.82) is 0 Å². The van der Waals surface area contributed by atoms with E-state index >= 15 is 0 Å². The van der Waals surface area contributed by atoms with Gasteiger partial charge in [0.1, 0.15) is 0 Å². The van der Waals surface area contributed by atoms with Crippen molar-refractivity contribution in [3.05, 3.63) is 27.5 Å². The van der Waals surface area contributed by atoms with Crippen LogP contribution in [-0.2, 0) is 0 Å². The predicted octanol–water partition coefficient (Wildman–Crippen LogP) is 3.16. The molecule has 0 amide bonds. The summed E-state index contributed by atoms with van der Waals surface area (Å²) in [7, 11) is 0. The highest BCUT2D eigenvalue weighted by molar-refractivity contribution is 7.17. The molecule has 0 radical (unpaired) electrons. The summed E-state index contributed by atoms with van der Waals surface area (Å²) in [5.74, 6) is 0.340. The van der Waals surface area contributed by atoms with Crippen molar-refractivity contribution in [2.45, 2.75) is 39.7 Å². The lowest BCUT2D eigenvalue weighted by Crippen LogP contribution is -2.25. The first-order chi connectivity index (χ1) is 7.52. The Balaban J connectivity index is 2.85. The Hall–Kier alpha value is -1.16. The van der Waals surface area contributed by atoms with E-state index in [1.807, 2.05) is 25.3 Å². The van der Waals surface area contributed by atoms with Crippen LogP contribution in [0.5, 0.6) is 0 Å². The largest absolute Gasteiger partial charge is 0.275 e. The van der Waals surface area contributed by atoms with Gasteiger partial charge in [-0.2, -0.15) is 5.10 Å². The van der Waals surface area contributed by atoms with E-state index in [2.05, 4.69) is 18.9 Å². The van der Waals surface area contributed by atoms with Crippen molar-refractivity contribution in [3.8, 4) is 0 Å². The maximum absolute atomic E-state index is 12.1. The minimum Gasteiger partial charge on any atom is -0.267 e. The fourth-order valence-corrected chi connectivity index (χ4v) is 2.75. The molecule has 0 aliphatic heterocycles. The molecule has 0 bridgehead atoms. The molecule has 2 heterocycles. The molecule has 0 saturated heterocycles. The van der Waals surface area contributed by atoms with Crippen LogP contribution in [-0.4, -0.2) is 9.78 Å². The molecule has 0 aliphatic carbocycles. The maximum atomic E-state index is 12.1. The Morgan fingerprint density at radius 1 is 1.31 bits per heavy atom. The lowest BCUT2D eigenvalue weighted by Gasteiger charge is -2.13. The molecular weight excluding hydrogens is 220 g/mol. The number of aromatic nitrogens is 2. The molecule has 0 aliphatic rings. The highest BCUT2D eigenvalue weighted by Crippen LogP contribution is 2.26.